The quantitative estimate of drug-likeness (QED) is 0.897. The van der Waals surface area contributed by atoms with Crippen LogP contribution in [0.4, 0.5) is 0 Å². The number of nitrogens with two attached hydrogens (primary N) is 1. The van der Waals surface area contributed by atoms with E-state index >= 15 is 0 Å². The van der Waals surface area contributed by atoms with E-state index in [4.69, 9.17) is 10.5 Å². The molecule has 1 fully saturated rings. The molecule has 0 aliphatic carbocycles. The molecule has 1 aromatic rings. The molecule has 6 heteroatoms. The lowest BCUT2D eigenvalue weighted by atomic mass is 10.1. The Labute approximate surface area is 127 Å². The predicted molar refractivity (Wildman–Crippen MR) is 82.5 cm³/mol. The molecule has 0 spiro atoms. The van der Waals surface area contributed by atoms with Crippen molar-refractivity contribution in [2.45, 2.75) is 43.7 Å². The van der Waals surface area contributed by atoms with Crippen LogP contribution >= 0.6 is 0 Å². The van der Waals surface area contributed by atoms with Gasteiger partial charge in [-0.25, -0.2) is 8.42 Å². The lowest BCUT2D eigenvalue weighted by molar-refractivity contribution is 0.00858. The van der Waals surface area contributed by atoms with Crippen molar-refractivity contribution >= 4 is 10.0 Å². The van der Waals surface area contributed by atoms with Gasteiger partial charge in [0.2, 0.25) is 10.0 Å². The third-order valence-corrected chi connectivity index (χ3v) is 5.88. The monoisotopic (exact) mass is 312 g/mol. The van der Waals surface area contributed by atoms with Crippen molar-refractivity contribution in [1.82, 2.24) is 4.31 Å². The van der Waals surface area contributed by atoms with Crippen molar-refractivity contribution in [3.05, 3.63) is 29.3 Å². The maximum atomic E-state index is 12.7. The smallest absolute Gasteiger partial charge is 0.243 e. The average Bonchev–Trinajstić information content (AvgIpc) is 2.47. The molecule has 1 heterocycles. The summed E-state index contributed by atoms with van der Waals surface area (Å²) in [4.78, 5) is 0.345. The van der Waals surface area contributed by atoms with Gasteiger partial charge in [0, 0.05) is 26.7 Å². The van der Waals surface area contributed by atoms with Crippen molar-refractivity contribution < 1.29 is 13.2 Å². The largest absolute Gasteiger partial charge is 0.377 e. The molecule has 5 nitrogen and oxygen atoms in total. The van der Waals surface area contributed by atoms with Gasteiger partial charge in [0.05, 0.1) is 11.0 Å². The molecular weight excluding hydrogens is 288 g/mol. The SMILES string of the molecule is Cc1cc(CN)ccc1S(=O)(=O)N(C)CC1CCCCO1. The molecule has 0 saturated carbocycles. The van der Waals surface area contributed by atoms with E-state index in [1.165, 1.54) is 4.31 Å². The van der Waals surface area contributed by atoms with Crippen LogP contribution in [0.1, 0.15) is 30.4 Å². The molecule has 21 heavy (non-hydrogen) atoms. The highest BCUT2D eigenvalue weighted by Gasteiger charge is 2.26. The highest BCUT2D eigenvalue weighted by Crippen LogP contribution is 2.22. The lowest BCUT2D eigenvalue weighted by Crippen LogP contribution is -2.37. The Morgan fingerprint density at radius 3 is 2.71 bits per heavy atom. The van der Waals surface area contributed by atoms with Crippen LogP contribution in [0.15, 0.2) is 23.1 Å². The second kappa shape index (κ2) is 6.87. The number of rotatable bonds is 5. The summed E-state index contributed by atoms with van der Waals surface area (Å²) in [6, 6.07) is 5.24. The molecule has 118 valence electrons. The molecule has 1 aliphatic heterocycles. The normalized spacial score (nSPS) is 19.9. The molecule has 1 atom stereocenters. The Morgan fingerprint density at radius 2 is 2.14 bits per heavy atom. The molecule has 0 aromatic heterocycles. The minimum absolute atomic E-state index is 0.00199. The number of aryl methyl sites for hydroxylation is 1. The minimum atomic E-state index is -3.48. The first-order valence-electron chi connectivity index (χ1n) is 7.32. The molecule has 0 bridgehead atoms. The zero-order valence-corrected chi connectivity index (χ0v) is 13.5. The van der Waals surface area contributed by atoms with Crippen molar-refractivity contribution in [2.24, 2.45) is 5.73 Å². The molecule has 1 aromatic carbocycles. The molecule has 1 aliphatic rings. The van der Waals surface area contributed by atoms with Crippen molar-refractivity contribution in [1.29, 1.82) is 0 Å². The number of likely N-dealkylation sites (N-methyl/N-ethyl adjacent to an activating group) is 1. The van der Waals surface area contributed by atoms with Gasteiger partial charge in [-0.05, 0) is 43.4 Å². The van der Waals surface area contributed by atoms with Gasteiger partial charge >= 0.3 is 0 Å². The Morgan fingerprint density at radius 1 is 1.38 bits per heavy atom. The summed E-state index contributed by atoms with van der Waals surface area (Å²) in [5.41, 5.74) is 7.25. The highest BCUT2D eigenvalue weighted by atomic mass is 32.2. The second-order valence-corrected chi connectivity index (χ2v) is 7.59. The zero-order chi connectivity index (χ0) is 15.5. The number of sulfonamides is 1. The van der Waals surface area contributed by atoms with Crippen LogP contribution in [0.2, 0.25) is 0 Å². The topological polar surface area (TPSA) is 72.6 Å². The molecule has 0 radical (unpaired) electrons. The van der Waals surface area contributed by atoms with Crippen LogP contribution < -0.4 is 5.73 Å². The highest BCUT2D eigenvalue weighted by molar-refractivity contribution is 7.89. The van der Waals surface area contributed by atoms with Crippen LogP contribution in [0.3, 0.4) is 0 Å². The Hall–Kier alpha value is -0.950. The zero-order valence-electron chi connectivity index (χ0n) is 12.7. The first-order chi connectivity index (χ1) is 9.95. The first-order valence-corrected chi connectivity index (χ1v) is 8.76. The van der Waals surface area contributed by atoms with Crippen LogP contribution in [0.5, 0.6) is 0 Å². The van der Waals surface area contributed by atoms with Gasteiger partial charge in [-0.15, -0.1) is 0 Å². The summed E-state index contributed by atoms with van der Waals surface area (Å²) < 4.78 is 32.4. The summed E-state index contributed by atoms with van der Waals surface area (Å²) in [5, 5.41) is 0. The number of nitrogens with zero attached hydrogens (tertiary/aromatic N) is 1. The molecule has 1 saturated heterocycles. The van der Waals surface area contributed by atoms with Gasteiger partial charge < -0.3 is 10.5 Å². The fraction of sp³-hybridized carbons (Fsp3) is 0.600. The number of hydrogen-bond donors (Lipinski definition) is 1. The van der Waals surface area contributed by atoms with E-state index in [1.807, 2.05) is 6.07 Å². The Kier molecular flexibility index (Phi) is 5.37. The summed E-state index contributed by atoms with van der Waals surface area (Å²) in [5.74, 6) is 0. The number of benzene rings is 1. The summed E-state index contributed by atoms with van der Waals surface area (Å²) in [6.45, 7) is 3.34. The Bertz CT molecular complexity index is 581. The van der Waals surface area contributed by atoms with Crippen LogP contribution in [0.25, 0.3) is 0 Å². The van der Waals surface area contributed by atoms with Crippen LogP contribution in [-0.4, -0.2) is 39.0 Å². The number of hydrogen-bond acceptors (Lipinski definition) is 4. The maximum Gasteiger partial charge on any atom is 0.243 e. The molecular formula is C15H24N2O3S. The molecule has 1 unspecified atom stereocenters. The standard InChI is InChI=1S/C15H24N2O3S/c1-12-9-13(10-16)6-7-15(12)21(18,19)17(2)11-14-5-3-4-8-20-14/h6-7,9,14H,3-5,8,10-11,16H2,1-2H3. The second-order valence-electron chi connectivity index (χ2n) is 5.58. The van der Waals surface area contributed by atoms with Gasteiger partial charge in [-0.1, -0.05) is 12.1 Å². The van der Waals surface area contributed by atoms with Crippen molar-refractivity contribution in [2.75, 3.05) is 20.2 Å². The Balaban J connectivity index is 2.16. The molecule has 2 rings (SSSR count). The van der Waals surface area contributed by atoms with E-state index in [9.17, 15) is 8.42 Å². The maximum absolute atomic E-state index is 12.7. The van der Waals surface area contributed by atoms with Gasteiger partial charge in [0.15, 0.2) is 0 Å². The van der Waals surface area contributed by atoms with Crippen LogP contribution in [-0.2, 0) is 21.3 Å². The van der Waals surface area contributed by atoms with E-state index in [0.717, 1.165) is 37.0 Å². The number of ether oxygens (including phenoxy) is 1. The van der Waals surface area contributed by atoms with E-state index in [0.29, 0.717) is 18.0 Å². The fourth-order valence-electron chi connectivity index (χ4n) is 2.63. The van der Waals surface area contributed by atoms with Gasteiger partial charge in [0.1, 0.15) is 0 Å². The molecule has 2 N–H and O–H groups in total. The predicted octanol–water partition coefficient (Wildman–Crippen LogP) is 1.64. The van der Waals surface area contributed by atoms with Gasteiger partial charge in [-0.2, -0.15) is 4.31 Å². The minimum Gasteiger partial charge on any atom is -0.377 e. The van der Waals surface area contributed by atoms with Crippen LogP contribution in [0, 0.1) is 6.92 Å². The van der Waals surface area contributed by atoms with E-state index in [-0.39, 0.29) is 6.10 Å². The fourth-order valence-corrected chi connectivity index (χ4v) is 4.04. The van der Waals surface area contributed by atoms with Gasteiger partial charge in [-0.3, -0.25) is 0 Å². The van der Waals surface area contributed by atoms with Crippen molar-refractivity contribution in [3.8, 4) is 0 Å². The summed E-state index contributed by atoms with van der Waals surface area (Å²) in [7, 11) is -1.87. The molecule has 0 amide bonds. The third-order valence-electron chi connectivity index (χ3n) is 3.90. The van der Waals surface area contributed by atoms with E-state index in [2.05, 4.69) is 0 Å². The lowest BCUT2D eigenvalue weighted by Gasteiger charge is -2.27. The average molecular weight is 312 g/mol. The van der Waals surface area contributed by atoms with Crippen molar-refractivity contribution in [3.63, 3.8) is 0 Å². The summed E-state index contributed by atoms with van der Waals surface area (Å²) >= 11 is 0. The summed E-state index contributed by atoms with van der Waals surface area (Å²) in [6.07, 6.45) is 3.09. The van der Waals surface area contributed by atoms with E-state index in [1.54, 1.807) is 26.1 Å². The van der Waals surface area contributed by atoms with E-state index < -0.39 is 10.0 Å². The third kappa shape index (κ3) is 3.83. The van der Waals surface area contributed by atoms with Gasteiger partial charge in [0.25, 0.3) is 0 Å². The first kappa shape index (κ1) is 16.4.